The van der Waals surface area contributed by atoms with E-state index in [0.717, 1.165) is 4.68 Å². The Kier molecular flexibility index (Phi) is 4.84. The van der Waals surface area contributed by atoms with E-state index >= 15 is 0 Å². The zero-order valence-electron chi connectivity index (χ0n) is 14.8. The second-order valence-electron chi connectivity index (χ2n) is 5.87. The number of hydrogen-bond donors (Lipinski definition) is 1. The summed E-state index contributed by atoms with van der Waals surface area (Å²) in [5.41, 5.74) is 0.610. The van der Waals surface area contributed by atoms with E-state index in [1.807, 2.05) is 0 Å². The summed E-state index contributed by atoms with van der Waals surface area (Å²) in [6, 6.07) is 9.99. The third-order valence-corrected chi connectivity index (χ3v) is 3.87. The van der Waals surface area contributed by atoms with Crippen LogP contribution in [0.25, 0.3) is 17.1 Å². The zero-order valence-corrected chi connectivity index (χ0v) is 14.8. The number of amides is 1. The smallest absolute Gasteiger partial charge is 0.267 e. The van der Waals surface area contributed by atoms with Crippen molar-refractivity contribution >= 4 is 11.7 Å². The van der Waals surface area contributed by atoms with Crippen LogP contribution in [0.2, 0.25) is 0 Å². The molecule has 4 rings (SSSR count). The summed E-state index contributed by atoms with van der Waals surface area (Å²) in [5, 5.41) is 10.7. The minimum atomic E-state index is -0.501. The average molecular weight is 392 g/mol. The number of halogens is 1. The Hall–Kier alpha value is -4.28. The van der Waals surface area contributed by atoms with Gasteiger partial charge in [0.25, 0.3) is 5.56 Å². The van der Waals surface area contributed by atoms with Crippen molar-refractivity contribution in [2.24, 2.45) is 0 Å². The summed E-state index contributed by atoms with van der Waals surface area (Å²) in [5.74, 6) is -0.227. The lowest BCUT2D eigenvalue weighted by molar-refractivity contribution is -0.117. The molecule has 1 N–H and O–H groups in total. The zero-order chi connectivity index (χ0) is 20.2. The van der Waals surface area contributed by atoms with Gasteiger partial charge in [0.2, 0.25) is 5.91 Å². The fourth-order valence-electron chi connectivity index (χ4n) is 2.52. The maximum Gasteiger partial charge on any atom is 0.267 e. The molecule has 0 radical (unpaired) electrons. The second kappa shape index (κ2) is 7.76. The van der Waals surface area contributed by atoms with Crippen molar-refractivity contribution in [3.8, 4) is 17.1 Å². The van der Waals surface area contributed by atoms with Gasteiger partial charge in [0.15, 0.2) is 5.82 Å². The normalized spacial score (nSPS) is 10.7. The predicted octanol–water partition coefficient (Wildman–Crippen LogP) is 1.06. The van der Waals surface area contributed by atoms with Crippen molar-refractivity contribution in [3.05, 3.63) is 77.6 Å². The van der Waals surface area contributed by atoms with Crippen LogP contribution in [0.1, 0.15) is 0 Å². The molecule has 0 fully saturated rings. The highest BCUT2D eigenvalue weighted by molar-refractivity contribution is 5.89. The van der Waals surface area contributed by atoms with E-state index in [-0.39, 0.29) is 18.2 Å². The van der Waals surface area contributed by atoms with Gasteiger partial charge in [0, 0.05) is 17.7 Å². The van der Waals surface area contributed by atoms with Crippen molar-refractivity contribution in [2.75, 3.05) is 5.32 Å². The largest absolute Gasteiger partial charge is 0.309 e. The Morgan fingerprint density at radius 2 is 1.90 bits per heavy atom. The first kappa shape index (κ1) is 18.1. The number of rotatable bonds is 5. The predicted molar refractivity (Wildman–Crippen MR) is 99.5 cm³/mol. The topological polar surface area (TPSA) is 120 Å². The van der Waals surface area contributed by atoms with Crippen LogP contribution in [0.5, 0.6) is 0 Å². The first-order valence-corrected chi connectivity index (χ1v) is 8.39. The highest BCUT2D eigenvalue weighted by Gasteiger charge is 2.10. The molecule has 1 aromatic carbocycles. The van der Waals surface area contributed by atoms with Crippen LogP contribution in [-0.2, 0) is 11.3 Å². The molecule has 0 spiro atoms. The molecule has 11 heteroatoms. The molecule has 0 aliphatic carbocycles. The molecule has 0 aliphatic rings. The van der Waals surface area contributed by atoms with Crippen molar-refractivity contribution in [2.45, 2.75) is 6.54 Å². The van der Waals surface area contributed by atoms with Crippen LogP contribution in [0, 0.1) is 5.82 Å². The molecule has 3 heterocycles. The lowest BCUT2D eigenvalue weighted by Gasteiger charge is -2.08. The monoisotopic (exact) mass is 392 g/mol. The molecule has 0 atom stereocenters. The van der Waals surface area contributed by atoms with Gasteiger partial charge in [0.05, 0.1) is 5.69 Å². The van der Waals surface area contributed by atoms with Gasteiger partial charge < -0.3 is 5.32 Å². The number of nitrogens with zero attached hydrogens (tertiary/aromatic N) is 7. The Labute approximate surface area is 162 Å². The first-order valence-electron chi connectivity index (χ1n) is 8.39. The number of aromatic nitrogens is 7. The Morgan fingerprint density at radius 3 is 2.66 bits per heavy atom. The van der Waals surface area contributed by atoms with Gasteiger partial charge in [-0.25, -0.2) is 28.7 Å². The average Bonchev–Trinajstić information content (AvgIpc) is 3.25. The van der Waals surface area contributed by atoms with E-state index < -0.39 is 11.5 Å². The third kappa shape index (κ3) is 4.18. The van der Waals surface area contributed by atoms with Crippen LogP contribution in [0.3, 0.4) is 0 Å². The highest BCUT2D eigenvalue weighted by Crippen LogP contribution is 2.15. The molecule has 0 saturated carbocycles. The molecule has 0 aliphatic heterocycles. The Balaban J connectivity index is 1.51. The molecular weight excluding hydrogens is 379 g/mol. The molecule has 0 saturated heterocycles. The fourth-order valence-corrected chi connectivity index (χ4v) is 2.52. The summed E-state index contributed by atoms with van der Waals surface area (Å²) >= 11 is 0. The van der Waals surface area contributed by atoms with Crippen LogP contribution in [0.4, 0.5) is 10.2 Å². The van der Waals surface area contributed by atoms with E-state index in [1.165, 1.54) is 54.0 Å². The summed E-state index contributed by atoms with van der Waals surface area (Å²) < 4.78 is 15.5. The van der Waals surface area contributed by atoms with Crippen molar-refractivity contribution in [1.82, 2.24) is 34.5 Å². The minimum Gasteiger partial charge on any atom is -0.309 e. The summed E-state index contributed by atoms with van der Waals surface area (Å²) in [6.45, 7) is -0.323. The van der Waals surface area contributed by atoms with Crippen LogP contribution in [0.15, 0.2) is 66.2 Å². The SMILES string of the molecule is O=C(Cn1nc(-c2ccc(F)cc2)ccc1=O)Nc1cc(-n2cncn2)ncn1. The lowest BCUT2D eigenvalue weighted by atomic mass is 10.1. The first-order chi connectivity index (χ1) is 14.1. The van der Waals surface area contributed by atoms with Crippen molar-refractivity contribution in [1.29, 1.82) is 0 Å². The van der Waals surface area contributed by atoms with E-state index in [1.54, 1.807) is 12.1 Å². The number of nitrogens with one attached hydrogen (secondary N) is 1. The van der Waals surface area contributed by atoms with Gasteiger partial charge in [-0.1, -0.05) is 0 Å². The van der Waals surface area contributed by atoms with E-state index in [2.05, 4.69) is 30.5 Å². The number of anilines is 1. The summed E-state index contributed by atoms with van der Waals surface area (Å²) in [4.78, 5) is 36.3. The molecule has 29 heavy (non-hydrogen) atoms. The van der Waals surface area contributed by atoms with Gasteiger partial charge in [0.1, 0.15) is 37.2 Å². The van der Waals surface area contributed by atoms with Crippen molar-refractivity contribution in [3.63, 3.8) is 0 Å². The van der Waals surface area contributed by atoms with Gasteiger partial charge in [-0.3, -0.25) is 9.59 Å². The molecule has 0 unspecified atom stereocenters. The van der Waals surface area contributed by atoms with Crippen molar-refractivity contribution < 1.29 is 9.18 Å². The molecular formula is C18H13FN8O2. The minimum absolute atomic E-state index is 0.234. The number of benzene rings is 1. The maximum absolute atomic E-state index is 13.1. The fraction of sp³-hybridized carbons (Fsp3) is 0.0556. The van der Waals surface area contributed by atoms with Crippen LogP contribution in [-0.4, -0.2) is 40.4 Å². The van der Waals surface area contributed by atoms with Gasteiger partial charge in [-0.15, -0.1) is 0 Å². The number of hydrogen-bond acceptors (Lipinski definition) is 7. The lowest BCUT2D eigenvalue weighted by Crippen LogP contribution is -2.29. The molecule has 10 nitrogen and oxygen atoms in total. The Bertz CT molecular complexity index is 1210. The van der Waals surface area contributed by atoms with E-state index in [4.69, 9.17) is 0 Å². The third-order valence-electron chi connectivity index (χ3n) is 3.87. The maximum atomic E-state index is 13.1. The summed E-state index contributed by atoms with van der Waals surface area (Å²) in [7, 11) is 0. The second-order valence-corrected chi connectivity index (χ2v) is 5.87. The molecule has 0 bridgehead atoms. The standard InChI is InChI=1S/C18H13FN8O2/c19-13-3-1-12(2-4-13)14-5-6-18(29)26(25-14)8-17(28)24-15-7-16(22-10-21-15)27-11-20-9-23-27/h1-7,9-11H,8H2,(H,21,22,24,28). The van der Waals surface area contributed by atoms with Gasteiger partial charge >= 0.3 is 0 Å². The number of carbonyl (C=O) groups is 1. The van der Waals surface area contributed by atoms with Gasteiger partial charge in [-0.05, 0) is 30.3 Å². The Morgan fingerprint density at radius 1 is 1.07 bits per heavy atom. The summed E-state index contributed by atoms with van der Waals surface area (Å²) in [6.07, 6.45) is 4.08. The van der Waals surface area contributed by atoms with Gasteiger partial charge in [-0.2, -0.15) is 10.2 Å². The molecule has 3 aromatic heterocycles. The van der Waals surface area contributed by atoms with Crippen LogP contribution >= 0.6 is 0 Å². The number of carbonyl (C=O) groups excluding carboxylic acids is 1. The highest BCUT2D eigenvalue weighted by atomic mass is 19.1. The quantitative estimate of drug-likeness (QED) is 0.539. The van der Waals surface area contributed by atoms with E-state index in [0.29, 0.717) is 17.1 Å². The molecule has 144 valence electrons. The molecule has 4 aromatic rings. The molecule has 1 amide bonds. The van der Waals surface area contributed by atoms with E-state index in [9.17, 15) is 14.0 Å². The van der Waals surface area contributed by atoms with Crippen LogP contribution < -0.4 is 10.9 Å².